The Morgan fingerprint density at radius 3 is 2.45 bits per heavy atom. The average molecular weight is 156 g/mol. The van der Waals surface area contributed by atoms with Crippen molar-refractivity contribution in [3.63, 3.8) is 0 Å². The number of rotatable bonds is 1. The van der Waals surface area contributed by atoms with Crippen LogP contribution in [0.3, 0.4) is 0 Å². The third-order valence-corrected chi connectivity index (χ3v) is 2.34. The monoisotopic (exact) mass is 156 g/mol. The van der Waals surface area contributed by atoms with Gasteiger partial charge in [-0.3, -0.25) is 4.79 Å². The zero-order valence-corrected chi connectivity index (χ0v) is 7.50. The van der Waals surface area contributed by atoms with Crippen molar-refractivity contribution in [2.45, 2.75) is 19.4 Å². The van der Waals surface area contributed by atoms with Crippen molar-refractivity contribution in [2.24, 2.45) is 0 Å². The maximum Gasteiger partial charge on any atom is 0.219 e. The topological polar surface area (TPSA) is 23.6 Å². The summed E-state index contributed by atoms with van der Waals surface area (Å²) in [6.45, 7) is 3.47. The molecule has 0 aromatic rings. The summed E-state index contributed by atoms with van der Waals surface area (Å²) in [5, 5.41) is 0. The second-order valence-electron chi connectivity index (χ2n) is 3.37. The predicted molar refractivity (Wildman–Crippen MR) is 44.3 cm³/mol. The van der Waals surface area contributed by atoms with Crippen molar-refractivity contribution in [1.82, 2.24) is 9.80 Å². The number of nitrogens with zero attached hydrogens (tertiary/aromatic N) is 2. The van der Waals surface area contributed by atoms with Gasteiger partial charge in [-0.1, -0.05) is 0 Å². The number of amides is 1. The van der Waals surface area contributed by atoms with Gasteiger partial charge in [0.15, 0.2) is 0 Å². The molecule has 3 nitrogen and oxygen atoms in total. The van der Waals surface area contributed by atoms with Crippen LogP contribution in [0.25, 0.3) is 0 Å². The van der Waals surface area contributed by atoms with Crippen LogP contribution in [0.2, 0.25) is 0 Å². The van der Waals surface area contributed by atoms with E-state index in [4.69, 9.17) is 0 Å². The Balaban J connectivity index is 2.41. The van der Waals surface area contributed by atoms with E-state index in [1.807, 2.05) is 4.90 Å². The summed E-state index contributed by atoms with van der Waals surface area (Å²) in [6.07, 6.45) is 1.12. The summed E-state index contributed by atoms with van der Waals surface area (Å²) >= 11 is 0. The summed E-state index contributed by atoms with van der Waals surface area (Å²) < 4.78 is 0. The quantitative estimate of drug-likeness (QED) is 0.540. The van der Waals surface area contributed by atoms with Crippen molar-refractivity contribution in [2.75, 3.05) is 27.2 Å². The lowest BCUT2D eigenvalue weighted by molar-refractivity contribution is -0.127. The Morgan fingerprint density at radius 2 is 2.18 bits per heavy atom. The third-order valence-electron chi connectivity index (χ3n) is 2.34. The second-order valence-corrected chi connectivity index (χ2v) is 3.37. The molecule has 1 rings (SSSR count). The van der Waals surface area contributed by atoms with Crippen LogP contribution in [0.1, 0.15) is 13.3 Å². The van der Waals surface area contributed by atoms with Gasteiger partial charge in [-0.2, -0.15) is 0 Å². The molecule has 0 radical (unpaired) electrons. The van der Waals surface area contributed by atoms with Gasteiger partial charge in [0.2, 0.25) is 5.91 Å². The number of hydrogen-bond acceptors (Lipinski definition) is 2. The molecule has 1 atom stereocenters. The van der Waals surface area contributed by atoms with Crippen LogP contribution in [-0.2, 0) is 4.79 Å². The highest BCUT2D eigenvalue weighted by Gasteiger charge is 2.24. The first-order valence-electron chi connectivity index (χ1n) is 4.03. The van der Waals surface area contributed by atoms with Gasteiger partial charge in [-0.25, -0.2) is 0 Å². The molecule has 0 aliphatic carbocycles. The number of likely N-dealkylation sites (N-methyl/N-ethyl adjacent to an activating group) is 1. The normalized spacial score (nSPS) is 24.7. The Hall–Kier alpha value is -0.570. The van der Waals surface area contributed by atoms with Crippen LogP contribution >= 0.6 is 0 Å². The highest BCUT2D eigenvalue weighted by molar-refractivity contribution is 5.73. The van der Waals surface area contributed by atoms with E-state index < -0.39 is 0 Å². The first-order valence-corrected chi connectivity index (χ1v) is 4.03. The number of likely N-dealkylation sites (tertiary alicyclic amines) is 1. The predicted octanol–water partition coefficient (Wildman–Crippen LogP) is 0.169. The Morgan fingerprint density at radius 1 is 1.55 bits per heavy atom. The van der Waals surface area contributed by atoms with Crippen LogP contribution in [0.5, 0.6) is 0 Å². The van der Waals surface area contributed by atoms with E-state index in [2.05, 4.69) is 19.0 Å². The summed E-state index contributed by atoms with van der Waals surface area (Å²) in [5.74, 6) is 0.203. The Labute approximate surface area is 68.0 Å². The minimum absolute atomic E-state index is 0.203. The molecule has 1 saturated heterocycles. The molecule has 1 heterocycles. The minimum atomic E-state index is 0.203. The SMILES string of the molecule is CC(=O)N1CC[C@H](N(C)C)C1. The summed E-state index contributed by atoms with van der Waals surface area (Å²) in [4.78, 5) is 15.0. The van der Waals surface area contributed by atoms with Crippen LogP contribution < -0.4 is 0 Å². The fourth-order valence-electron chi connectivity index (χ4n) is 1.45. The molecule has 1 amide bonds. The molecule has 64 valence electrons. The molecule has 0 aromatic heterocycles. The summed E-state index contributed by atoms with van der Waals surface area (Å²) in [5.41, 5.74) is 0. The Kier molecular flexibility index (Phi) is 2.49. The van der Waals surface area contributed by atoms with E-state index in [1.165, 1.54) is 0 Å². The van der Waals surface area contributed by atoms with Gasteiger partial charge in [0.25, 0.3) is 0 Å². The van der Waals surface area contributed by atoms with Gasteiger partial charge in [-0.05, 0) is 20.5 Å². The maximum atomic E-state index is 10.9. The van der Waals surface area contributed by atoms with Crippen molar-refractivity contribution in [3.05, 3.63) is 0 Å². The molecule has 1 aliphatic rings. The van der Waals surface area contributed by atoms with Crippen molar-refractivity contribution < 1.29 is 4.79 Å². The molecule has 0 N–H and O–H groups in total. The van der Waals surface area contributed by atoms with Crippen LogP contribution in [0.15, 0.2) is 0 Å². The van der Waals surface area contributed by atoms with E-state index in [1.54, 1.807) is 6.92 Å². The van der Waals surface area contributed by atoms with E-state index in [0.717, 1.165) is 19.5 Å². The average Bonchev–Trinajstić information content (AvgIpc) is 2.33. The molecular formula is C8H16N2O. The third kappa shape index (κ3) is 1.93. The van der Waals surface area contributed by atoms with Gasteiger partial charge in [0.05, 0.1) is 0 Å². The zero-order valence-electron chi connectivity index (χ0n) is 7.50. The number of hydrogen-bond donors (Lipinski definition) is 0. The molecule has 1 fully saturated rings. The van der Waals surface area contributed by atoms with E-state index in [9.17, 15) is 4.79 Å². The molecule has 0 bridgehead atoms. The molecule has 0 aromatic carbocycles. The lowest BCUT2D eigenvalue weighted by Crippen LogP contribution is -2.33. The summed E-state index contributed by atoms with van der Waals surface area (Å²) in [7, 11) is 4.13. The lowest BCUT2D eigenvalue weighted by atomic mass is 10.2. The molecular weight excluding hydrogens is 140 g/mol. The van der Waals surface area contributed by atoms with Gasteiger partial charge in [-0.15, -0.1) is 0 Å². The molecule has 3 heteroatoms. The van der Waals surface area contributed by atoms with Gasteiger partial charge in [0.1, 0.15) is 0 Å². The number of carbonyl (C=O) groups excluding carboxylic acids is 1. The molecule has 1 aliphatic heterocycles. The lowest BCUT2D eigenvalue weighted by Gasteiger charge is -2.19. The summed E-state index contributed by atoms with van der Waals surface area (Å²) in [6, 6.07) is 0.568. The first-order chi connectivity index (χ1) is 5.11. The van der Waals surface area contributed by atoms with Crippen LogP contribution in [0.4, 0.5) is 0 Å². The van der Waals surface area contributed by atoms with Gasteiger partial charge in [0, 0.05) is 26.1 Å². The zero-order chi connectivity index (χ0) is 8.43. The van der Waals surface area contributed by atoms with Crippen LogP contribution in [0, 0.1) is 0 Å². The largest absolute Gasteiger partial charge is 0.341 e. The molecule has 0 spiro atoms. The standard InChI is InChI=1S/C8H16N2O/c1-7(11)10-5-4-8(6-10)9(2)3/h8H,4-6H2,1-3H3/t8-/m0/s1. The number of carbonyl (C=O) groups is 1. The van der Waals surface area contributed by atoms with Crippen molar-refractivity contribution in [1.29, 1.82) is 0 Å². The molecule has 0 unspecified atom stereocenters. The minimum Gasteiger partial charge on any atom is -0.341 e. The fraction of sp³-hybridized carbons (Fsp3) is 0.875. The van der Waals surface area contributed by atoms with Gasteiger partial charge < -0.3 is 9.80 Å². The fourth-order valence-corrected chi connectivity index (χ4v) is 1.45. The van der Waals surface area contributed by atoms with Crippen molar-refractivity contribution >= 4 is 5.91 Å². The smallest absolute Gasteiger partial charge is 0.219 e. The second kappa shape index (κ2) is 3.22. The highest BCUT2D eigenvalue weighted by Crippen LogP contribution is 2.12. The highest BCUT2D eigenvalue weighted by atomic mass is 16.2. The van der Waals surface area contributed by atoms with E-state index >= 15 is 0 Å². The first kappa shape index (κ1) is 8.53. The van der Waals surface area contributed by atoms with E-state index in [-0.39, 0.29) is 5.91 Å². The molecule has 11 heavy (non-hydrogen) atoms. The van der Waals surface area contributed by atoms with Gasteiger partial charge >= 0.3 is 0 Å². The van der Waals surface area contributed by atoms with Crippen molar-refractivity contribution in [3.8, 4) is 0 Å². The van der Waals surface area contributed by atoms with Crippen LogP contribution in [-0.4, -0.2) is 48.9 Å². The maximum absolute atomic E-state index is 10.9. The molecule has 0 saturated carbocycles. The van der Waals surface area contributed by atoms with E-state index in [0.29, 0.717) is 6.04 Å². The Bertz CT molecular complexity index is 156.